The fraction of sp³-hybridized carbons (Fsp3) is 0.364. The quantitative estimate of drug-likeness (QED) is 0.555. The summed E-state index contributed by atoms with van der Waals surface area (Å²) in [6.07, 6.45) is 12.1. The van der Waals surface area contributed by atoms with Crippen LogP contribution in [0.1, 0.15) is 57.1 Å². The van der Waals surface area contributed by atoms with Gasteiger partial charge in [0.05, 0.1) is 0 Å². The maximum atomic E-state index is 2.41. The van der Waals surface area contributed by atoms with Crippen LogP contribution >= 0.6 is 0 Å². The smallest absolute Gasteiger partial charge is 0.0103 e. The van der Waals surface area contributed by atoms with E-state index in [9.17, 15) is 0 Å². The van der Waals surface area contributed by atoms with Crippen molar-refractivity contribution in [1.29, 1.82) is 0 Å². The van der Waals surface area contributed by atoms with Crippen LogP contribution in [-0.4, -0.2) is 0 Å². The van der Waals surface area contributed by atoms with Crippen molar-refractivity contribution >= 4 is 16.3 Å². The van der Waals surface area contributed by atoms with Crippen molar-refractivity contribution in [1.82, 2.24) is 0 Å². The molecule has 0 atom stereocenters. The lowest BCUT2D eigenvalue weighted by Crippen LogP contribution is -1.91. The van der Waals surface area contributed by atoms with E-state index in [1.54, 1.807) is 5.57 Å². The highest BCUT2D eigenvalue weighted by Gasteiger charge is 2.12. The lowest BCUT2D eigenvalue weighted by molar-refractivity contribution is 0.799. The molecule has 0 aliphatic heterocycles. The molecule has 0 heteroatoms. The van der Waals surface area contributed by atoms with E-state index >= 15 is 0 Å². The number of benzene rings is 2. The number of hydrogen-bond donors (Lipinski definition) is 0. The number of hydrogen-bond acceptors (Lipinski definition) is 0. The van der Waals surface area contributed by atoms with Gasteiger partial charge in [-0.2, -0.15) is 0 Å². The van der Waals surface area contributed by atoms with Gasteiger partial charge in [0.2, 0.25) is 0 Å². The van der Waals surface area contributed by atoms with Crippen LogP contribution in [0.25, 0.3) is 16.3 Å². The van der Waals surface area contributed by atoms with Crippen LogP contribution in [0, 0.1) is 0 Å². The second-order valence-electron chi connectivity index (χ2n) is 6.34. The predicted molar refractivity (Wildman–Crippen MR) is 98.1 cm³/mol. The predicted octanol–water partition coefficient (Wildman–Crippen LogP) is 6.70. The van der Waals surface area contributed by atoms with Gasteiger partial charge in [0.1, 0.15) is 0 Å². The van der Waals surface area contributed by atoms with Crippen LogP contribution in [0.3, 0.4) is 0 Å². The van der Waals surface area contributed by atoms with Crippen molar-refractivity contribution in [3.63, 3.8) is 0 Å². The van der Waals surface area contributed by atoms with Gasteiger partial charge in [-0.05, 0) is 53.2 Å². The number of aryl methyl sites for hydroxylation is 1. The number of allylic oxidation sites excluding steroid dienone is 4. The van der Waals surface area contributed by atoms with Crippen LogP contribution in [0.15, 0.2) is 54.1 Å². The Bertz CT molecular complexity index is 716. The summed E-state index contributed by atoms with van der Waals surface area (Å²) in [4.78, 5) is 0. The molecule has 0 aromatic heterocycles. The fourth-order valence-electron chi connectivity index (χ4n) is 3.46. The summed E-state index contributed by atoms with van der Waals surface area (Å²) in [5.74, 6) is 0. The minimum atomic E-state index is 1.13. The molecule has 0 nitrogen and oxygen atoms in total. The molecule has 0 unspecified atom stereocenters. The van der Waals surface area contributed by atoms with E-state index in [1.807, 2.05) is 0 Å². The maximum Gasteiger partial charge on any atom is -0.0103 e. The summed E-state index contributed by atoms with van der Waals surface area (Å²) in [6.45, 7) is 4.52. The Morgan fingerprint density at radius 3 is 2.45 bits per heavy atom. The van der Waals surface area contributed by atoms with Gasteiger partial charge >= 0.3 is 0 Å². The van der Waals surface area contributed by atoms with Gasteiger partial charge in [-0.1, -0.05) is 80.8 Å². The fourth-order valence-corrected chi connectivity index (χ4v) is 3.46. The molecule has 3 rings (SSSR count). The minimum absolute atomic E-state index is 1.13. The third kappa shape index (κ3) is 3.02. The third-order valence-corrected chi connectivity index (χ3v) is 4.64. The second-order valence-corrected chi connectivity index (χ2v) is 6.34. The molecular weight excluding hydrogens is 264 g/mol. The first-order chi connectivity index (χ1) is 10.8. The Labute approximate surface area is 134 Å². The Kier molecular flexibility index (Phi) is 4.77. The molecule has 0 amide bonds. The molecule has 22 heavy (non-hydrogen) atoms. The van der Waals surface area contributed by atoms with E-state index in [1.165, 1.54) is 59.6 Å². The highest BCUT2D eigenvalue weighted by molar-refractivity contribution is 5.98. The molecule has 2 aromatic rings. The first kappa shape index (κ1) is 15.1. The Balaban J connectivity index is 2.02. The average Bonchev–Trinajstić information content (AvgIpc) is 3.01. The minimum Gasteiger partial charge on any atom is -0.0726 e. The van der Waals surface area contributed by atoms with Gasteiger partial charge in [-0.15, -0.1) is 0 Å². The molecule has 0 fully saturated rings. The second kappa shape index (κ2) is 6.96. The van der Waals surface area contributed by atoms with Crippen molar-refractivity contribution in [2.75, 3.05) is 0 Å². The molecule has 0 radical (unpaired) electrons. The standard InChI is InChI=1S/C22H26/c1-3-5-9-18-14-15-21(22-11-7-6-10-20(18)22)19-13-12-17(16-19)8-4-2/h6-7,10-11,13-16H,3-5,8-9,12H2,1-2H3. The van der Waals surface area contributed by atoms with Crippen LogP contribution in [0.4, 0.5) is 0 Å². The molecule has 1 aliphatic rings. The zero-order chi connectivity index (χ0) is 15.4. The average molecular weight is 290 g/mol. The van der Waals surface area contributed by atoms with Crippen molar-refractivity contribution in [2.45, 2.75) is 52.4 Å². The lowest BCUT2D eigenvalue weighted by atomic mass is 9.93. The summed E-state index contributed by atoms with van der Waals surface area (Å²) in [5.41, 5.74) is 5.90. The van der Waals surface area contributed by atoms with E-state index < -0.39 is 0 Å². The first-order valence-electron chi connectivity index (χ1n) is 8.74. The summed E-state index contributed by atoms with van der Waals surface area (Å²) in [6, 6.07) is 13.6. The summed E-state index contributed by atoms with van der Waals surface area (Å²) in [7, 11) is 0. The van der Waals surface area contributed by atoms with E-state index in [0.717, 1.165) is 6.42 Å². The summed E-state index contributed by atoms with van der Waals surface area (Å²) >= 11 is 0. The number of fused-ring (bicyclic) bond motifs is 1. The maximum absolute atomic E-state index is 2.41. The molecule has 0 heterocycles. The zero-order valence-electron chi connectivity index (χ0n) is 13.9. The molecule has 0 bridgehead atoms. The van der Waals surface area contributed by atoms with Gasteiger partial charge in [0, 0.05) is 0 Å². The normalized spacial score (nSPS) is 14.3. The van der Waals surface area contributed by atoms with Crippen LogP contribution in [0.5, 0.6) is 0 Å². The Morgan fingerprint density at radius 2 is 1.68 bits per heavy atom. The van der Waals surface area contributed by atoms with E-state index in [4.69, 9.17) is 0 Å². The number of rotatable bonds is 6. The molecule has 0 saturated carbocycles. The highest BCUT2D eigenvalue weighted by atomic mass is 14.2. The van der Waals surface area contributed by atoms with Crippen molar-refractivity contribution < 1.29 is 0 Å². The third-order valence-electron chi connectivity index (χ3n) is 4.64. The molecule has 114 valence electrons. The summed E-state index contributed by atoms with van der Waals surface area (Å²) < 4.78 is 0. The SMILES string of the molecule is CCCCc1ccc(C2=CCC(CCC)=C2)c2ccccc12. The van der Waals surface area contributed by atoms with E-state index in [0.29, 0.717) is 0 Å². The van der Waals surface area contributed by atoms with Crippen molar-refractivity contribution in [3.05, 3.63) is 65.3 Å². The summed E-state index contributed by atoms with van der Waals surface area (Å²) in [5, 5.41) is 2.85. The van der Waals surface area contributed by atoms with Gasteiger partial charge in [0.25, 0.3) is 0 Å². The monoisotopic (exact) mass is 290 g/mol. The zero-order valence-corrected chi connectivity index (χ0v) is 13.9. The van der Waals surface area contributed by atoms with E-state index in [-0.39, 0.29) is 0 Å². The Hall–Kier alpha value is -1.82. The molecule has 0 N–H and O–H groups in total. The van der Waals surface area contributed by atoms with Crippen LogP contribution < -0.4 is 0 Å². The molecule has 0 spiro atoms. The Morgan fingerprint density at radius 1 is 0.864 bits per heavy atom. The van der Waals surface area contributed by atoms with E-state index in [2.05, 4.69) is 62.4 Å². The van der Waals surface area contributed by atoms with Crippen LogP contribution in [-0.2, 0) is 6.42 Å². The molecular formula is C22H26. The highest BCUT2D eigenvalue weighted by Crippen LogP contribution is 2.34. The van der Waals surface area contributed by atoms with Crippen molar-refractivity contribution in [2.24, 2.45) is 0 Å². The van der Waals surface area contributed by atoms with Gasteiger partial charge in [-0.25, -0.2) is 0 Å². The van der Waals surface area contributed by atoms with Gasteiger partial charge in [-0.3, -0.25) is 0 Å². The largest absolute Gasteiger partial charge is 0.0726 e. The van der Waals surface area contributed by atoms with Crippen LogP contribution in [0.2, 0.25) is 0 Å². The lowest BCUT2D eigenvalue weighted by Gasteiger charge is -2.11. The molecule has 2 aromatic carbocycles. The van der Waals surface area contributed by atoms with Gasteiger partial charge in [0.15, 0.2) is 0 Å². The molecule has 0 saturated heterocycles. The first-order valence-corrected chi connectivity index (χ1v) is 8.74. The van der Waals surface area contributed by atoms with Gasteiger partial charge < -0.3 is 0 Å². The number of unbranched alkanes of at least 4 members (excludes halogenated alkanes) is 1. The topological polar surface area (TPSA) is 0 Å². The van der Waals surface area contributed by atoms with Crippen molar-refractivity contribution in [3.8, 4) is 0 Å². The molecule has 1 aliphatic carbocycles.